The first-order chi connectivity index (χ1) is 7.83. The zero-order valence-electron chi connectivity index (χ0n) is 9.58. The molecule has 5 nitrogen and oxygen atoms in total. The Balaban J connectivity index is 2.90. The number of carboxylic acids is 1. The number of benzene rings is 1. The van der Waals surface area contributed by atoms with Crippen LogP contribution in [0.3, 0.4) is 0 Å². The Kier molecular flexibility index (Phi) is 4.25. The summed E-state index contributed by atoms with van der Waals surface area (Å²) in [6.45, 7) is 3.06. The molecule has 0 aromatic heterocycles. The molecule has 0 amide bonds. The molecule has 0 heterocycles. The maximum atomic E-state index is 11.8. The first-order valence-electron chi connectivity index (χ1n) is 5.03. The third kappa shape index (κ3) is 3.83. The average molecular weight is 258 g/mol. The van der Waals surface area contributed by atoms with Crippen molar-refractivity contribution in [3.8, 4) is 0 Å². The molecular formula is C11H14O5S. The summed E-state index contributed by atoms with van der Waals surface area (Å²) in [5.74, 6) is -1.10. The Morgan fingerprint density at radius 1 is 1.41 bits per heavy atom. The molecule has 0 saturated carbocycles. The number of hydrogen-bond donors (Lipinski definition) is 1. The highest BCUT2D eigenvalue weighted by molar-refractivity contribution is 7.86. The number of aliphatic carboxylic acids is 1. The predicted molar refractivity (Wildman–Crippen MR) is 61.2 cm³/mol. The zero-order valence-corrected chi connectivity index (χ0v) is 10.4. The molecule has 0 saturated heterocycles. The van der Waals surface area contributed by atoms with Gasteiger partial charge in [0, 0.05) is 0 Å². The van der Waals surface area contributed by atoms with Gasteiger partial charge in [0.2, 0.25) is 0 Å². The van der Waals surface area contributed by atoms with E-state index in [1.165, 1.54) is 13.0 Å². The predicted octanol–water partition coefficient (Wildman–Crippen LogP) is 1.56. The third-order valence-corrected chi connectivity index (χ3v) is 3.69. The smallest absolute Gasteiger partial charge is 0.306 e. The molecule has 1 aromatic rings. The molecular weight excluding hydrogens is 244 g/mol. The third-order valence-electron chi connectivity index (χ3n) is 2.12. The normalized spacial score (nSPS) is 13.3. The van der Waals surface area contributed by atoms with E-state index >= 15 is 0 Å². The summed E-state index contributed by atoms with van der Waals surface area (Å²) in [7, 11) is -3.90. The van der Waals surface area contributed by atoms with Crippen molar-refractivity contribution in [2.24, 2.45) is 0 Å². The van der Waals surface area contributed by atoms with Gasteiger partial charge in [-0.3, -0.25) is 8.98 Å². The Hall–Kier alpha value is -1.40. The van der Waals surface area contributed by atoms with Gasteiger partial charge in [-0.15, -0.1) is 0 Å². The van der Waals surface area contributed by atoms with Crippen LogP contribution < -0.4 is 0 Å². The Bertz CT molecular complexity index is 506. The van der Waals surface area contributed by atoms with Crippen LogP contribution in [0.15, 0.2) is 29.2 Å². The highest BCUT2D eigenvalue weighted by atomic mass is 32.2. The van der Waals surface area contributed by atoms with Crippen LogP contribution in [0.2, 0.25) is 0 Å². The molecule has 0 aliphatic carbocycles. The maximum Gasteiger partial charge on any atom is 0.306 e. The fourth-order valence-corrected chi connectivity index (χ4v) is 2.70. The van der Waals surface area contributed by atoms with E-state index in [0.29, 0.717) is 5.56 Å². The van der Waals surface area contributed by atoms with Crippen LogP contribution in [0, 0.1) is 6.92 Å². The van der Waals surface area contributed by atoms with Crippen LogP contribution in [0.1, 0.15) is 18.9 Å². The van der Waals surface area contributed by atoms with Crippen molar-refractivity contribution in [2.75, 3.05) is 0 Å². The lowest BCUT2D eigenvalue weighted by atomic mass is 10.2. The van der Waals surface area contributed by atoms with Crippen LogP contribution in [0.5, 0.6) is 0 Å². The Morgan fingerprint density at radius 2 is 2.00 bits per heavy atom. The molecule has 0 aliphatic heterocycles. The number of rotatable bonds is 5. The van der Waals surface area contributed by atoms with Crippen LogP contribution in [-0.4, -0.2) is 25.6 Å². The summed E-state index contributed by atoms with van der Waals surface area (Å²) >= 11 is 0. The second-order valence-electron chi connectivity index (χ2n) is 3.72. The number of aryl methyl sites for hydroxylation is 1. The van der Waals surface area contributed by atoms with Crippen LogP contribution in [0.4, 0.5) is 0 Å². The lowest BCUT2D eigenvalue weighted by Gasteiger charge is -2.12. The fourth-order valence-electron chi connectivity index (χ4n) is 1.38. The van der Waals surface area contributed by atoms with Gasteiger partial charge in [0.1, 0.15) is 0 Å². The van der Waals surface area contributed by atoms with Crippen molar-refractivity contribution >= 4 is 16.1 Å². The first-order valence-corrected chi connectivity index (χ1v) is 6.44. The van der Waals surface area contributed by atoms with E-state index in [2.05, 4.69) is 0 Å². The summed E-state index contributed by atoms with van der Waals surface area (Å²) in [6.07, 6.45) is -1.25. The second-order valence-corrected chi connectivity index (χ2v) is 5.26. The molecule has 1 unspecified atom stereocenters. The number of hydrogen-bond acceptors (Lipinski definition) is 4. The van der Waals surface area contributed by atoms with Gasteiger partial charge in [-0.25, -0.2) is 0 Å². The maximum absolute atomic E-state index is 11.8. The van der Waals surface area contributed by atoms with Crippen LogP contribution in [0.25, 0.3) is 0 Å². The largest absolute Gasteiger partial charge is 0.481 e. The summed E-state index contributed by atoms with van der Waals surface area (Å²) in [4.78, 5) is 10.5. The molecule has 1 N–H and O–H groups in total. The molecule has 94 valence electrons. The monoisotopic (exact) mass is 258 g/mol. The molecule has 0 aliphatic rings. The van der Waals surface area contributed by atoms with Crippen molar-refractivity contribution in [1.82, 2.24) is 0 Å². The van der Waals surface area contributed by atoms with Gasteiger partial charge >= 0.3 is 5.97 Å². The topological polar surface area (TPSA) is 80.7 Å². The van der Waals surface area contributed by atoms with Gasteiger partial charge in [-0.1, -0.05) is 18.2 Å². The van der Waals surface area contributed by atoms with Crippen molar-refractivity contribution < 1.29 is 22.5 Å². The minimum Gasteiger partial charge on any atom is -0.481 e. The van der Waals surface area contributed by atoms with Crippen LogP contribution >= 0.6 is 0 Å². The summed E-state index contributed by atoms with van der Waals surface area (Å²) < 4.78 is 28.5. The zero-order chi connectivity index (χ0) is 13.1. The summed E-state index contributed by atoms with van der Waals surface area (Å²) in [5.41, 5.74) is 0.565. The molecule has 0 radical (unpaired) electrons. The average Bonchev–Trinajstić information content (AvgIpc) is 2.15. The van der Waals surface area contributed by atoms with Gasteiger partial charge in [-0.2, -0.15) is 8.42 Å². The molecule has 1 aromatic carbocycles. The minimum atomic E-state index is -3.90. The molecule has 1 atom stereocenters. The lowest BCUT2D eigenvalue weighted by molar-refractivity contribution is -0.138. The summed E-state index contributed by atoms with van der Waals surface area (Å²) in [6, 6.07) is 6.39. The fraction of sp³-hybridized carbons (Fsp3) is 0.364. The van der Waals surface area contributed by atoms with E-state index in [-0.39, 0.29) is 11.3 Å². The van der Waals surface area contributed by atoms with Gasteiger partial charge in [0.05, 0.1) is 17.4 Å². The highest BCUT2D eigenvalue weighted by Gasteiger charge is 2.22. The Morgan fingerprint density at radius 3 is 2.53 bits per heavy atom. The number of carbonyl (C=O) groups is 1. The molecule has 6 heteroatoms. The van der Waals surface area contributed by atoms with Gasteiger partial charge in [0.15, 0.2) is 0 Å². The highest BCUT2D eigenvalue weighted by Crippen LogP contribution is 2.18. The quantitative estimate of drug-likeness (QED) is 0.811. The SMILES string of the molecule is Cc1ccccc1S(=O)(=O)OC(C)CC(=O)O. The van der Waals surface area contributed by atoms with Crippen molar-refractivity contribution in [3.05, 3.63) is 29.8 Å². The lowest BCUT2D eigenvalue weighted by Crippen LogP contribution is -2.19. The first kappa shape index (κ1) is 13.7. The van der Waals surface area contributed by atoms with Crippen molar-refractivity contribution in [1.29, 1.82) is 0 Å². The Labute approximate surface area is 100 Å². The van der Waals surface area contributed by atoms with Gasteiger partial charge in [0.25, 0.3) is 10.1 Å². The van der Waals surface area contributed by atoms with Crippen molar-refractivity contribution in [3.63, 3.8) is 0 Å². The van der Waals surface area contributed by atoms with Crippen LogP contribution in [-0.2, 0) is 19.1 Å². The summed E-state index contributed by atoms with van der Waals surface area (Å²) in [5, 5.41) is 8.53. The van der Waals surface area contributed by atoms with Gasteiger partial charge in [-0.05, 0) is 25.5 Å². The van der Waals surface area contributed by atoms with E-state index in [9.17, 15) is 13.2 Å². The van der Waals surface area contributed by atoms with E-state index in [0.717, 1.165) is 0 Å². The van der Waals surface area contributed by atoms with Gasteiger partial charge < -0.3 is 5.11 Å². The molecule has 1 rings (SSSR count). The molecule has 17 heavy (non-hydrogen) atoms. The molecule has 0 fully saturated rings. The van der Waals surface area contributed by atoms with E-state index < -0.39 is 22.2 Å². The molecule has 0 spiro atoms. The second kappa shape index (κ2) is 5.29. The molecule has 0 bridgehead atoms. The number of carboxylic acid groups (broad SMARTS) is 1. The van der Waals surface area contributed by atoms with Crippen molar-refractivity contribution in [2.45, 2.75) is 31.3 Å². The standard InChI is InChI=1S/C11H14O5S/c1-8-5-3-4-6-10(8)17(14,15)16-9(2)7-11(12)13/h3-6,9H,7H2,1-2H3,(H,12,13). The van der Waals surface area contributed by atoms with E-state index in [1.807, 2.05) is 0 Å². The minimum absolute atomic E-state index is 0.0669. The van der Waals surface area contributed by atoms with E-state index in [4.69, 9.17) is 9.29 Å². The van der Waals surface area contributed by atoms with E-state index in [1.54, 1.807) is 25.1 Å².